The number of piperazine rings is 1. The van der Waals surface area contributed by atoms with Gasteiger partial charge in [-0.15, -0.1) is 0 Å². The second kappa shape index (κ2) is 13.6. The number of benzene rings is 1. The van der Waals surface area contributed by atoms with Crippen LogP contribution in [0.5, 0.6) is 0 Å². The summed E-state index contributed by atoms with van der Waals surface area (Å²) >= 11 is 0. The molecule has 1 aromatic carbocycles. The number of anilines is 2. The lowest BCUT2D eigenvalue weighted by atomic mass is 10.00. The zero-order valence-electron chi connectivity index (χ0n) is 24.4. The van der Waals surface area contributed by atoms with Crippen LogP contribution in [0, 0.1) is 11.6 Å². The number of fused-ring (bicyclic) bond motifs is 1. The van der Waals surface area contributed by atoms with E-state index in [0.29, 0.717) is 42.5 Å². The van der Waals surface area contributed by atoms with Crippen molar-refractivity contribution in [2.75, 3.05) is 48.9 Å². The Hall–Kier alpha value is -4.68. The molecule has 2 saturated heterocycles. The van der Waals surface area contributed by atoms with E-state index in [0.717, 1.165) is 49.7 Å². The first-order chi connectivity index (χ1) is 22.3. The second-order valence-electron chi connectivity index (χ2n) is 10.6. The van der Waals surface area contributed by atoms with Gasteiger partial charge in [0.25, 0.3) is 0 Å². The lowest BCUT2D eigenvalue weighted by Gasteiger charge is -2.28. The fraction of sp³-hybridized carbons (Fsp3) is 0.310. The molecule has 2 aliphatic heterocycles. The fourth-order valence-corrected chi connectivity index (χ4v) is 6.40. The number of nitrogens with zero attached hydrogens (tertiary/aromatic N) is 4. The van der Waals surface area contributed by atoms with Crippen LogP contribution < -0.4 is 14.9 Å². The van der Waals surface area contributed by atoms with Gasteiger partial charge in [-0.2, -0.15) is 25.9 Å². The van der Waals surface area contributed by atoms with Crippen LogP contribution in [0.2, 0.25) is 0 Å². The van der Waals surface area contributed by atoms with E-state index < -0.39 is 51.0 Å². The maximum atomic E-state index is 15.5. The van der Waals surface area contributed by atoms with Crippen molar-refractivity contribution in [1.82, 2.24) is 24.6 Å². The first kappa shape index (κ1) is 33.7. The molecule has 4 N–H and O–H groups in total. The highest BCUT2D eigenvalue weighted by molar-refractivity contribution is 7.90. The van der Waals surface area contributed by atoms with Crippen LogP contribution in [0.1, 0.15) is 28.8 Å². The van der Waals surface area contributed by atoms with Crippen molar-refractivity contribution in [3.63, 3.8) is 0 Å². The quantitative estimate of drug-likeness (QED) is 0.167. The highest BCUT2D eigenvalue weighted by Gasteiger charge is 2.38. The van der Waals surface area contributed by atoms with Gasteiger partial charge in [0.05, 0.1) is 11.3 Å². The number of ketones is 1. The molecule has 18 heteroatoms. The second-order valence-corrected chi connectivity index (χ2v) is 12.3. The van der Waals surface area contributed by atoms with Gasteiger partial charge in [-0.25, -0.2) is 23.5 Å². The van der Waals surface area contributed by atoms with Gasteiger partial charge in [0.15, 0.2) is 5.82 Å². The molecule has 3 aromatic heterocycles. The summed E-state index contributed by atoms with van der Waals surface area (Å²) in [6, 6.07) is 7.40. The third-order valence-electron chi connectivity index (χ3n) is 7.50. The number of alkyl halides is 3. The van der Waals surface area contributed by atoms with Crippen molar-refractivity contribution in [1.29, 1.82) is 0 Å². The van der Waals surface area contributed by atoms with Crippen LogP contribution in [0.4, 0.5) is 33.5 Å². The van der Waals surface area contributed by atoms with E-state index >= 15 is 4.39 Å². The van der Waals surface area contributed by atoms with Crippen LogP contribution in [-0.2, 0) is 15.0 Å². The minimum absolute atomic E-state index is 0.00657. The predicted molar refractivity (Wildman–Crippen MR) is 161 cm³/mol. The van der Waals surface area contributed by atoms with E-state index in [-0.39, 0.29) is 5.56 Å². The Bertz CT molecular complexity index is 1890. The number of aromatic nitrogens is 3. The first-order valence-corrected chi connectivity index (χ1v) is 15.7. The maximum Gasteiger partial charge on any atom is 0.490 e. The summed E-state index contributed by atoms with van der Waals surface area (Å²) in [5.41, 5.74) is 0.467. The number of carboxylic acids is 1. The molecule has 250 valence electrons. The normalized spacial score (nSPS) is 15.7. The predicted octanol–water partition coefficient (Wildman–Crippen LogP) is 3.93. The molecule has 5 heterocycles. The molecule has 0 spiro atoms. The Morgan fingerprint density at radius 2 is 1.60 bits per heavy atom. The van der Waals surface area contributed by atoms with Gasteiger partial charge in [0.2, 0.25) is 5.78 Å². The lowest BCUT2D eigenvalue weighted by molar-refractivity contribution is -0.192. The molecule has 0 unspecified atom stereocenters. The number of aromatic amines is 1. The standard InChI is InChI=1S/C27H27F2N7O3S.C2HF3O2/c28-21-4-5-22(34-40(38,39)36-9-1-2-10-36)25(29)24(21)26(37)20-16-33-27-19(20)13-18(15-32-27)17-3-6-23(31-14-17)35-11-7-30-8-12-35;3-2(4,5)1(6)7/h3-6,13-16,30,34H,1-2,7-12H2,(H,32,33);(H,6,7). The summed E-state index contributed by atoms with van der Waals surface area (Å²) in [7, 11) is -4.04. The topological polar surface area (TPSA) is 161 Å². The number of carboxylic acid groups (broad SMARTS) is 1. The number of nitrogens with one attached hydrogen (secondary N) is 3. The monoisotopic (exact) mass is 681 g/mol. The average molecular weight is 682 g/mol. The molecule has 0 saturated carbocycles. The summed E-state index contributed by atoms with van der Waals surface area (Å²) < 4.78 is 90.7. The summed E-state index contributed by atoms with van der Waals surface area (Å²) in [6.45, 7) is 4.13. The van der Waals surface area contributed by atoms with Crippen molar-refractivity contribution in [2.24, 2.45) is 0 Å². The van der Waals surface area contributed by atoms with Gasteiger partial charge in [0.1, 0.15) is 17.3 Å². The SMILES string of the molecule is O=C(O)C(F)(F)F.O=C(c1c(F)ccc(NS(=O)(=O)N2CCCC2)c1F)c1c[nH]c2ncc(-c3ccc(N4CCNCC4)nc3)cc12. The molecule has 0 aliphatic carbocycles. The molecular weight excluding hydrogens is 653 g/mol. The highest BCUT2D eigenvalue weighted by atomic mass is 32.2. The molecule has 12 nitrogen and oxygen atoms in total. The summed E-state index contributed by atoms with van der Waals surface area (Å²) in [5, 5.41) is 10.8. The number of carbonyl (C=O) groups excluding carboxylic acids is 1. The Morgan fingerprint density at radius 1 is 0.936 bits per heavy atom. The Morgan fingerprint density at radius 3 is 2.21 bits per heavy atom. The van der Waals surface area contributed by atoms with E-state index in [1.165, 1.54) is 10.5 Å². The van der Waals surface area contributed by atoms with Crippen LogP contribution in [-0.4, -0.2) is 90.0 Å². The van der Waals surface area contributed by atoms with Gasteiger partial charge in [-0.3, -0.25) is 9.52 Å². The number of H-pyrrole nitrogens is 1. The lowest BCUT2D eigenvalue weighted by Crippen LogP contribution is -2.43. The van der Waals surface area contributed by atoms with Gasteiger partial charge < -0.3 is 20.3 Å². The molecule has 0 bridgehead atoms. The molecule has 0 atom stereocenters. The molecule has 47 heavy (non-hydrogen) atoms. The zero-order chi connectivity index (χ0) is 33.9. The molecule has 4 aromatic rings. The summed E-state index contributed by atoms with van der Waals surface area (Å²) in [6.07, 6.45) is 1.01. The van der Waals surface area contributed by atoms with Crippen molar-refractivity contribution in [2.45, 2.75) is 19.0 Å². The highest BCUT2D eigenvalue weighted by Crippen LogP contribution is 2.30. The van der Waals surface area contributed by atoms with Crippen LogP contribution in [0.25, 0.3) is 22.2 Å². The molecular formula is C29H28F5N7O5S. The van der Waals surface area contributed by atoms with E-state index in [4.69, 9.17) is 9.90 Å². The minimum Gasteiger partial charge on any atom is -0.475 e. The van der Waals surface area contributed by atoms with Crippen molar-refractivity contribution in [3.8, 4) is 11.1 Å². The van der Waals surface area contributed by atoms with Crippen molar-refractivity contribution in [3.05, 3.63) is 71.7 Å². The van der Waals surface area contributed by atoms with Crippen LogP contribution in [0.3, 0.4) is 0 Å². The van der Waals surface area contributed by atoms with Crippen molar-refractivity contribution < 1.29 is 45.1 Å². The number of carbonyl (C=O) groups is 2. The number of hydrogen-bond donors (Lipinski definition) is 4. The molecule has 2 fully saturated rings. The van der Waals surface area contributed by atoms with Gasteiger partial charge in [-0.05, 0) is 43.2 Å². The third-order valence-corrected chi connectivity index (χ3v) is 9.03. The van der Waals surface area contributed by atoms with Gasteiger partial charge in [0, 0.05) is 79.9 Å². The van der Waals surface area contributed by atoms with E-state index in [1.54, 1.807) is 18.5 Å². The van der Waals surface area contributed by atoms with E-state index in [1.807, 2.05) is 12.1 Å². The number of halogens is 5. The van der Waals surface area contributed by atoms with Crippen LogP contribution >= 0.6 is 0 Å². The Labute approximate surface area is 264 Å². The van der Waals surface area contributed by atoms with E-state index in [9.17, 15) is 30.8 Å². The Kier molecular flexibility index (Phi) is 9.73. The zero-order valence-corrected chi connectivity index (χ0v) is 25.3. The first-order valence-electron chi connectivity index (χ1n) is 14.3. The number of pyridine rings is 2. The molecule has 2 aliphatic rings. The Balaban J connectivity index is 0.000000559. The number of rotatable bonds is 7. The van der Waals surface area contributed by atoms with Crippen molar-refractivity contribution >= 4 is 44.5 Å². The maximum absolute atomic E-state index is 15.5. The largest absolute Gasteiger partial charge is 0.490 e. The smallest absolute Gasteiger partial charge is 0.475 e. The van der Waals surface area contributed by atoms with Gasteiger partial charge in [-0.1, -0.05) is 0 Å². The van der Waals surface area contributed by atoms with E-state index in [2.05, 4.69) is 29.9 Å². The third kappa shape index (κ3) is 7.50. The fourth-order valence-electron chi connectivity index (χ4n) is 5.09. The van der Waals surface area contributed by atoms with Gasteiger partial charge >= 0.3 is 22.4 Å². The average Bonchev–Trinajstić information content (AvgIpc) is 3.74. The number of hydrogen-bond acceptors (Lipinski definition) is 8. The molecule has 0 radical (unpaired) electrons. The minimum atomic E-state index is -5.08. The molecule has 6 rings (SSSR count). The summed E-state index contributed by atoms with van der Waals surface area (Å²) in [5.74, 6) is -5.21. The van der Waals surface area contributed by atoms with Crippen LogP contribution in [0.15, 0.2) is 48.9 Å². The molecule has 0 amide bonds. The number of aliphatic carboxylic acids is 1. The summed E-state index contributed by atoms with van der Waals surface area (Å²) in [4.78, 5) is 36.4.